The molecule has 0 radical (unpaired) electrons. The molecule has 0 saturated heterocycles. The van der Waals surface area contributed by atoms with E-state index in [1.165, 1.54) is 6.07 Å². The lowest BCUT2D eigenvalue weighted by atomic mass is 10.3. The van der Waals surface area contributed by atoms with E-state index in [4.69, 9.17) is 0 Å². The molecule has 20 heavy (non-hydrogen) atoms. The third-order valence-corrected chi connectivity index (χ3v) is 2.95. The van der Waals surface area contributed by atoms with Crippen molar-refractivity contribution in [3.63, 3.8) is 0 Å². The topological polar surface area (TPSA) is 66.6 Å². The maximum Gasteiger partial charge on any atom is 0.275 e. The van der Waals surface area contributed by atoms with Crippen molar-refractivity contribution in [1.82, 2.24) is 9.38 Å². The van der Waals surface area contributed by atoms with Gasteiger partial charge in [0.2, 0.25) is 0 Å². The van der Waals surface area contributed by atoms with Gasteiger partial charge in [-0.3, -0.25) is 4.79 Å². The number of amides is 1. The van der Waals surface area contributed by atoms with Crippen LogP contribution in [0.2, 0.25) is 0 Å². The van der Waals surface area contributed by atoms with E-state index in [0.29, 0.717) is 11.4 Å². The normalized spacial score (nSPS) is 10.7. The molecule has 5 nitrogen and oxygen atoms in total. The van der Waals surface area contributed by atoms with Gasteiger partial charge in [-0.2, -0.15) is 0 Å². The molecule has 0 unspecified atom stereocenters. The zero-order chi connectivity index (χ0) is 14.1. The Kier molecular flexibility index (Phi) is 2.87. The van der Waals surface area contributed by atoms with Gasteiger partial charge in [0, 0.05) is 24.1 Å². The number of phenolic OH excluding ortho intramolecular Hbond substituents is 1. The number of fused-ring (bicyclic) bond motifs is 1. The number of carbonyl (C=O) groups excluding carboxylic acids is 1. The van der Waals surface area contributed by atoms with Crippen LogP contribution in [0.1, 0.15) is 16.1 Å². The van der Waals surface area contributed by atoms with Crippen LogP contribution in [-0.2, 0) is 0 Å². The Labute approximate surface area is 115 Å². The second-order valence-corrected chi connectivity index (χ2v) is 4.60. The lowest BCUT2D eigenvalue weighted by molar-refractivity contribution is 0.102. The maximum absolute atomic E-state index is 12.1. The summed E-state index contributed by atoms with van der Waals surface area (Å²) in [5.41, 5.74) is 2.68. The fourth-order valence-corrected chi connectivity index (χ4v) is 1.97. The van der Waals surface area contributed by atoms with E-state index in [0.717, 1.165) is 11.2 Å². The summed E-state index contributed by atoms with van der Waals surface area (Å²) in [7, 11) is 0. The van der Waals surface area contributed by atoms with Crippen molar-refractivity contribution in [2.75, 3.05) is 5.32 Å². The van der Waals surface area contributed by atoms with Gasteiger partial charge in [-0.1, -0.05) is 6.07 Å². The van der Waals surface area contributed by atoms with Crippen molar-refractivity contribution in [3.05, 3.63) is 60.0 Å². The van der Waals surface area contributed by atoms with Crippen molar-refractivity contribution in [3.8, 4) is 5.75 Å². The molecule has 0 saturated carbocycles. The van der Waals surface area contributed by atoms with Crippen molar-refractivity contribution >= 4 is 17.2 Å². The molecular formula is C15H13N3O2. The van der Waals surface area contributed by atoms with Gasteiger partial charge in [0.15, 0.2) is 0 Å². The first-order valence-electron chi connectivity index (χ1n) is 6.17. The van der Waals surface area contributed by atoms with Gasteiger partial charge >= 0.3 is 0 Å². The molecule has 0 bridgehead atoms. The van der Waals surface area contributed by atoms with E-state index < -0.39 is 0 Å². The van der Waals surface area contributed by atoms with Gasteiger partial charge in [0.25, 0.3) is 5.91 Å². The number of pyridine rings is 1. The SMILES string of the molecule is Cc1ccn2cc(C(=O)Nc3cccc(O)c3)nc2c1. The summed E-state index contributed by atoms with van der Waals surface area (Å²) >= 11 is 0. The van der Waals surface area contributed by atoms with E-state index >= 15 is 0 Å². The minimum Gasteiger partial charge on any atom is -0.508 e. The number of anilines is 1. The van der Waals surface area contributed by atoms with Gasteiger partial charge in [-0.15, -0.1) is 0 Å². The highest BCUT2D eigenvalue weighted by Gasteiger charge is 2.11. The molecule has 2 aromatic heterocycles. The molecule has 3 aromatic rings. The molecule has 100 valence electrons. The molecule has 2 heterocycles. The maximum atomic E-state index is 12.1. The molecule has 0 atom stereocenters. The third-order valence-electron chi connectivity index (χ3n) is 2.95. The van der Waals surface area contributed by atoms with Crippen LogP contribution in [0.5, 0.6) is 5.75 Å². The number of carbonyl (C=O) groups is 1. The van der Waals surface area contributed by atoms with Crippen molar-refractivity contribution < 1.29 is 9.90 Å². The zero-order valence-corrected chi connectivity index (χ0v) is 10.9. The number of hydrogen-bond acceptors (Lipinski definition) is 3. The summed E-state index contributed by atoms with van der Waals surface area (Å²) in [5.74, 6) is -0.203. The Hall–Kier alpha value is -2.82. The number of benzene rings is 1. The molecule has 3 rings (SSSR count). The molecule has 0 aliphatic carbocycles. The van der Waals surface area contributed by atoms with Crippen LogP contribution >= 0.6 is 0 Å². The van der Waals surface area contributed by atoms with Crippen LogP contribution in [0.15, 0.2) is 48.8 Å². The first-order chi connectivity index (χ1) is 9.61. The summed E-state index contributed by atoms with van der Waals surface area (Å²) < 4.78 is 1.80. The Bertz CT molecular complexity index is 793. The molecule has 0 aliphatic rings. The van der Waals surface area contributed by atoms with Crippen molar-refractivity contribution in [1.29, 1.82) is 0 Å². The molecule has 0 aliphatic heterocycles. The van der Waals surface area contributed by atoms with Crippen LogP contribution in [0.4, 0.5) is 5.69 Å². The number of rotatable bonds is 2. The lowest BCUT2D eigenvalue weighted by Crippen LogP contribution is -2.12. The van der Waals surface area contributed by atoms with Gasteiger partial charge in [0.1, 0.15) is 17.1 Å². The molecule has 0 spiro atoms. The average molecular weight is 267 g/mol. The molecule has 2 N–H and O–H groups in total. The molecule has 1 aromatic carbocycles. The third kappa shape index (κ3) is 2.33. The quantitative estimate of drug-likeness (QED) is 0.750. The monoisotopic (exact) mass is 267 g/mol. The molecule has 0 fully saturated rings. The first kappa shape index (κ1) is 12.2. The van der Waals surface area contributed by atoms with Crippen LogP contribution in [0.25, 0.3) is 5.65 Å². The number of phenols is 1. The minimum absolute atomic E-state index is 0.105. The fraction of sp³-hybridized carbons (Fsp3) is 0.0667. The van der Waals surface area contributed by atoms with Crippen molar-refractivity contribution in [2.24, 2.45) is 0 Å². The second-order valence-electron chi connectivity index (χ2n) is 4.60. The Morgan fingerprint density at radius 3 is 2.95 bits per heavy atom. The molecule has 1 amide bonds. The van der Waals surface area contributed by atoms with Gasteiger partial charge in [-0.05, 0) is 36.8 Å². The van der Waals surface area contributed by atoms with E-state index in [-0.39, 0.29) is 11.7 Å². The molecular weight excluding hydrogens is 254 g/mol. The highest BCUT2D eigenvalue weighted by Crippen LogP contribution is 2.16. The van der Waals surface area contributed by atoms with Crippen LogP contribution < -0.4 is 5.32 Å². The number of nitrogens with one attached hydrogen (secondary N) is 1. The summed E-state index contributed by atoms with van der Waals surface area (Å²) in [5, 5.41) is 12.1. The predicted octanol–water partition coefficient (Wildman–Crippen LogP) is 2.60. The Morgan fingerprint density at radius 1 is 1.30 bits per heavy atom. The van der Waals surface area contributed by atoms with Gasteiger partial charge in [-0.25, -0.2) is 4.98 Å². The highest BCUT2D eigenvalue weighted by molar-refractivity contribution is 6.03. The van der Waals surface area contributed by atoms with E-state index in [1.54, 1.807) is 28.8 Å². The number of imidazole rings is 1. The van der Waals surface area contributed by atoms with Crippen LogP contribution in [-0.4, -0.2) is 20.4 Å². The van der Waals surface area contributed by atoms with Crippen LogP contribution in [0, 0.1) is 6.92 Å². The summed E-state index contributed by atoms with van der Waals surface area (Å²) in [4.78, 5) is 16.4. The Balaban J connectivity index is 1.88. The highest BCUT2D eigenvalue weighted by atomic mass is 16.3. The number of aryl methyl sites for hydroxylation is 1. The van der Waals surface area contributed by atoms with E-state index in [2.05, 4.69) is 10.3 Å². The lowest BCUT2D eigenvalue weighted by Gasteiger charge is -2.02. The average Bonchev–Trinajstić information content (AvgIpc) is 2.81. The predicted molar refractivity (Wildman–Crippen MR) is 76.0 cm³/mol. The Morgan fingerprint density at radius 2 is 2.15 bits per heavy atom. The zero-order valence-electron chi connectivity index (χ0n) is 10.9. The number of aromatic hydroxyl groups is 1. The van der Waals surface area contributed by atoms with E-state index in [9.17, 15) is 9.90 Å². The summed E-state index contributed by atoms with van der Waals surface area (Å²) in [6.45, 7) is 1.97. The second kappa shape index (κ2) is 4.70. The van der Waals surface area contributed by atoms with Crippen molar-refractivity contribution in [2.45, 2.75) is 6.92 Å². The van der Waals surface area contributed by atoms with Gasteiger partial charge in [0.05, 0.1) is 0 Å². The fourth-order valence-electron chi connectivity index (χ4n) is 1.97. The standard InChI is InChI=1S/C15H13N3O2/c1-10-5-6-18-9-13(17-14(18)7-10)15(20)16-11-3-2-4-12(19)8-11/h2-9,19H,1H3,(H,16,20). The number of aromatic nitrogens is 2. The summed E-state index contributed by atoms with van der Waals surface area (Å²) in [6.07, 6.45) is 3.54. The molecule has 5 heteroatoms. The largest absolute Gasteiger partial charge is 0.508 e. The van der Waals surface area contributed by atoms with Crippen LogP contribution in [0.3, 0.4) is 0 Å². The minimum atomic E-state index is -0.308. The first-order valence-corrected chi connectivity index (χ1v) is 6.17. The number of hydrogen-bond donors (Lipinski definition) is 2. The van der Waals surface area contributed by atoms with E-state index in [1.807, 2.05) is 25.3 Å². The summed E-state index contributed by atoms with van der Waals surface area (Å²) in [6, 6.07) is 10.3. The smallest absolute Gasteiger partial charge is 0.275 e. The van der Waals surface area contributed by atoms with Gasteiger partial charge < -0.3 is 14.8 Å². The number of nitrogens with zero attached hydrogens (tertiary/aromatic N) is 2.